The summed E-state index contributed by atoms with van der Waals surface area (Å²) < 4.78 is 54.5. The van der Waals surface area contributed by atoms with Gasteiger partial charge in [-0.3, -0.25) is 45.3 Å². The van der Waals surface area contributed by atoms with E-state index in [9.17, 15) is 50.8 Å². The normalized spacial score (nSPS) is 30.4. The topological polar surface area (TPSA) is 342 Å². The van der Waals surface area contributed by atoms with Gasteiger partial charge in [0.25, 0.3) is 28.7 Å². The van der Waals surface area contributed by atoms with Crippen LogP contribution in [0.1, 0.15) is 62.3 Å². The van der Waals surface area contributed by atoms with E-state index in [1.54, 1.807) is 41.5 Å². The molecule has 5 saturated heterocycles. The van der Waals surface area contributed by atoms with E-state index in [2.05, 4.69) is 10.0 Å². The number of ether oxygens (including phenoxy) is 9. The second kappa shape index (κ2) is 16.0. The molecule has 5 aliphatic rings. The molecule has 0 radical (unpaired) electrons. The molecule has 2 aromatic carbocycles. The summed E-state index contributed by atoms with van der Waals surface area (Å²) >= 11 is 0. The first-order valence-electron chi connectivity index (χ1n) is 18.7. The van der Waals surface area contributed by atoms with Crippen LogP contribution in [0.2, 0.25) is 0 Å². The van der Waals surface area contributed by atoms with Crippen molar-refractivity contribution in [2.75, 3.05) is 13.2 Å². The maximum atomic E-state index is 15.1. The number of carbonyl (C=O) groups is 2. The van der Waals surface area contributed by atoms with Crippen molar-refractivity contribution >= 4 is 34.6 Å². The molecule has 0 aromatic heterocycles. The molecule has 27 nitrogen and oxygen atoms in total. The molecular formula is C35H38N8O19. The fraction of sp³-hybridized carbons (Fsp3) is 0.600. The molecule has 1 amide bonds. The lowest BCUT2D eigenvalue weighted by atomic mass is 9.97. The molecule has 0 aliphatic carbocycles. The monoisotopic (exact) mass is 874 g/mol. The molecule has 0 bridgehead atoms. The van der Waals surface area contributed by atoms with Crippen molar-refractivity contribution < 1.29 is 71.9 Å². The zero-order valence-electron chi connectivity index (χ0n) is 33.5. The highest BCUT2D eigenvalue weighted by molar-refractivity contribution is 5.96. The number of esters is 1. The van der Waals surface area contributed by atoms with Crippen LogP contribution in [-0.4, -0.2) is 128 Å². The van der Waals surface area contributed by atoms with Gasteiger partial charge in [-0.15, -0.1) is 0 Å². The number of hydrogen-bond donors (Lipinski definition) is 0. The van der Waals surface area contributed by atoms with Gasteiger partial charge in [-0.05, 0) is 47.1 Å². The molecule has 5 heterocycles. The van der Waals surface area contributed by atoms with Crippen molar-refractivity contribution in [3.8, 4) is 0 Å². The first-order chi connectivity index (χ1) is 29.0. The van der Waals surface area contributed by atoms with E-state index in [4.69, 9.17) is 42.6 Å². The van der Waals surface area contributed by atoms with Crippen LogP contribution >= 0.6 is 0 Å². The molecule has 5 aliphatic heterocycles. The summed E-state index contributed by atoms with van der Waals surface area (Å²) in [6, 6.07) is 1.45. The lowest BCUT2D eigenvalue weighted by Crippen LogP contribution is -2.58. The third kappa shape index (κ3) is 8.69. The minimum Gasteiger partial charge on any atom is -0.454 e. The number of hydrogen-bond acceptors (Lipinski definition) is 20. The number of carbonyl (C=O) groups excluding carboxylic acids is 2. The Labute approximate surface area is 348 Å². The van der Waals surface area contributed by atoms with E-state index < -0.39 is 151 Å². The smallest absolute Gasteiger partial charge is 0.339 e. The summed E-state index contributed by atoms with van der Waals surface area (Å²) in [6.45, 7) is 8.45. The number of azide groups is 1. The molecule has 0 saturated carbocycles. The van der Waals surface area contributed by atoms with Crippen LogP contribution in [0, 0.1) is 40.5 Å². The number of amides is 1. The minimum absolute atomic E-state index is 0.107. The van der Waals surface area contributed by atoms with E-state index in [-0.39, 0.29) is 6.61 Å². The van der Waals surface area contributed by atoms with Gasteiger partial charge in [0.1, 0.15) is 36.6 Å². The zero-order valence-corrected chi connectivity index (χ0v) is 33.5. The average molecular weight is 875 g/mol. The zero-order chi connectivity index (χ0) is 45.2. The molecule has 0 spiro atoms. The van der Waals surface area contributed by atoms with Crippen molar-refractivity contribution in [2.24, 2.45) is 5.11 Å². The Bertz CT molecular complexity index is 2200. The molecule has 0 unspecified atom stereocenters. The fourth-order valence-corrected chi connectivity index (χ4v) is 8.04. The van der Waals surface area contributed by atoms with Crippen molar-refractivity contribution in [2.45, 2.75) is 120 Å². The first kappa shape index (κ1) is 44.0. The van der Waals surface area contributed by atoms with Gasteiger partial charge in [0.05, 0.1) is 68.2 Å². The summed E-state index contributed by atoms with van der Waals surface area (Å²) in [4.78, 5) is 76.9. The molecule has 7 rings (SSSR count). The van der Waals surface area contributed by atoms with Crippen LogP contribution in [0.25, 0.3) is 10.4 Å². The third-order valence-electron chi connectivity index (χ3n) is 10.4. The molecule has 62 heavy (non-hydrogen) atoms. The second-order valence-electron chi connectivity index (χ2n) is 16.1. The van der Waals surface area contributed by atoms with E-state index in [0.29, 0.717) is 24.3 Å². The van der Waals surface area contributed by atoms with Crippen molar-refractivity contribution in [1.29, 1.82) is 0 Å². The van der Waals surface area contributed by atoms with Crippen molar-refractivity contribution in [3.63, 3.8) is 0 Å². The molecule has 5 fully saturated rings. The Morgan fingerprint density at radius 1 is 0.742 bits per heavy atom. The van der Waals surface area contributed by atoms with Crippen LogP contribution in [0.15, 0.2) is 41.5 Å². The molecule has 332 valence electrons. The summed E-state index contributed by atoms with van der Waals surface area (Å²) in [7, 11) is 0. The number of fused-ring (bicyclic) bond motifs is 2. The van der Waals surface area contributed by atoms with Crippen LogP contribution in [0.4, 0.5) is 22.7 Å². The quantitative estimate of drug-likeness (QED) is 0.0686. The van der Waals surface area contributed by atoms with E-state index >= 15 is 4.79 Å². The summed E-state index contributed by atoms with van der Waals surface area (Å²) in [6.07, 6.45) is -10.5. The van der Waals surface area contributed by atoms with E-state index in [1.807, 2.05) is 0 Å². The molecule has 27 heteroatoms. The van der Waals surface area contributed by atoms with Gasteiger partial charge < -0.3 is 47.5 Å². The predicted octanol–water partition coefficient (Wildman–Crippen LogP) is 3.94. The molecule has 10 atom stereocenters. The lowest BCUT2D eigenvalue weighted by Gasteiger charge is -2.39. The van der Waals surface area contributed by atoms with Crippen LogP contribution < -0.4 is 0 Å². The van der Waals surface area contributed by atoms with Crippen molar-refractivity contribution in [3.05, 3.63) is 98.4 Å². The van der Waals surface area contributed by atoms with Gasteiger partial charge in [0.2, 0.25) is 0 Å². The molecular weight excluding hydrogens is 836 g/mol. The lowest BCUT2D eigenvalue weighted by molar-refractivity contribution is -0.394. The Balaban J connectivity index is 1.39. The number of benzene rings is 2. The van der Waals surface area contributed by atoms with Gasteiger partial charge in [-0.25, -0.2) is 4.79 Å². The highest BCUT2D eigenvalue weighted by Crippen LogP contribution is 2.45. The second-order valence-corrected chi connectivity index (χ2v) is 16.1. The highest BCUT2D eigenvalue weighted by atomic mass is 16.8. The Morgan fingerprint density at radius 3 is 1.73 bits per heavy atom. The Morgan fingerprint density at radius 2 is 1.24 bits per heavy atom. The van der Waals surface area contributed by atoms with Crippen LogP contribution in [0.3, 0.4) is 0 Å². The highest BCUT2D eigenvalue weighted by Gasteiger charge is 2.62. The first-order valence-corrected chi connectivity index (χ1v) is 18.7. The number of non-ortho nitro benzene ring substituents is 4. The van der Waals surface area contributed by atoms with Crippen LogP contribution in [0.5, 0.6) is 0 Å². The SMILES string of the molecule is CC1(C)O[C@H]2O[C@H]([C@H](CN(C(=O)c3cc([N+](=O)[O-])cc([N+](=O)[O-])c3)[C@@H]3[C@H]4OC(C)(C)O[C@H]4O[C@@H]3[C@@H]3COC(C)(C)O3)OC(=O)c3cc([N+](=O)[O-])cc([N+](=O)[O-])c3)[C@H](N=[N+]=[N-])[C@H]2O1. The number of nitrogens with zero attached hydrogens (tertiary/aromatic N) is 8. The van der Waals surface area contributed by atoms with Crippen molar-refractivity contribution in [1.82, 2.24) is 4.90 Å². The molecule has 0 N–H and O–H groups in total. The standard InChI is InChI=1S/C35H38N8O19/c1-33(2)54-14-22(58-33)26-24(28-32(57-26)62-35(5,6)60-28)39(29(44)15-7-17(40(46)47)11-18(8-15)41(48)49)13-21(25-23(37-38-36)27-31(56-25)61-34(3,4)59-27)55-30(45)16-9-19(42(50)51)12-20(10-16)43(52)53/h7-12,21-28,31-32H,13-14H2,1-6H3/t21-,22-,23-,24-,25+,26+,27+,28+,31+,32+/m0/s1. The third-order valence-corrected chi connectivity index (χ3v) is 10.4. The van der Waals surface area contributed by atoms with Gasteiger partial charge >= 0.3 is 5.97 Å². The van der Waals surface area contributed by atoms with E-state index in [0.717, 1.165) is 17.0 Å². The van der Waals surface area contributed by atoms with Crippen LogP contribution in [-0.2, 0) is 42.6 Å². The summed E-state index contributed by atoms with van der Waals surface area (Å²) in [5, 5.41) is 51.4. The van der Waals surface area contributed by atoms with Gasteiger partial charge in [0, 0.05) is 29.2 Å². The Kier molecular flexibility index (Phi) is 11.4. The average Bonchev–Trinajstić information content (AvgIpc) is 3.96. The van der Waals surface area contributed by atoms with E-state index in [1.165, 1.54) is 0 Å². The number of rotatable bonds is 13. The summed E-state index contributed by atoms with van der Waals surface area (Å²) in [5.41, 5.74) is 5.04. The predicted molar refractivity (Wildman–Crippen MR) is 199 cm³/mol. The minimum atomic E-state index is -1.85. The number of nitro benzene ring substituents is 4. The Hall–Kier alpha value is -6.03. The maximum Gasteiger partial charge on any atom is 0.339 e. The van der Waals surface area contributed by atoms with Gasteiger partial charge in [-0.1, -0.05) is 5.11 Å². The number of nitro groups is 4. The largest absolute Gasteiger partial charge is 0.454 e. The maximum absolute atomic E-state index is 15.1. The van der Waals surface area contributed by atoms with Gasteiger partial charge in [-0.2, -0.15) is 0 Å². The van der Waals surface area contributed by atoms with Gasteiger partial charge in [0.15, 0.2) is 29.9 Å². The summed E-state index contributed by atoms with van der Waals surface area (Å²) in [5.74, 6) is -6.36. The molecule has 2 aromatic rings. The fourth-order valence-electron chi connectivity index (χ4n) is 8.04.